The van der Waals surface area contributed by atoms with Crippen LogP contribution in [-0.4, -0.2) is 20.1 Å². The molecule has 3 aromatic carbocycles. The summed E-state index contributed by atoms with van der Waals surface area (Å²) in [4.78, 5) is 0. The summed E-state index contributed by atoms with van der Waals surface area (Å²) in [6, 6.07) is 18.1. The average molecular weight is 403 g/mol. The highest BCUT2D eigenvalue weighted by molar-refractivity contribution is 6.42. The number of nitrogens with one attached hydrogen (secondary N) is 2. The van der Waals surface area contributed by atoms with E-state index in [0.717, 1.165) is 37.4 Å². The Labute approximate surface area is 170 Å². The van der Waals surface area contributed by atoms with Crippen LogP contribution >= 0.6 is 23.2 Å². The number of fused-ring (bicyclic) bond motifs is 1. The second-order valence-corrected chi connectivity index (χ2v) is 7.25. The van der Waals surface area contributed by atoms with Crippen LogP contribution in [0.2, 0.25) is 10.0 Å². The highest BCUT2D eigenvalue weighted by atomic mass is 35.5. The van der Waals surface area contributed by atoms with Gasteiger partial charge in [-0.05, 0) is 61.1 Å². The summed E-state index contributed by atoms with van der Waals surface area (Å²) in [6.07, 6.45) is 1.08. The number of ether oxygens (including phenoxy) is 1. The van der Waals surface area contributed by atoms with Gasteiger partial charge >= 0.3 is 0 Å². The van der Waals surface area contributed by atoms with E-state index in [1.807, 2.05) is 25.2 Å². The molecule has 0 unspecified atom stereocenters. The fourth-order valence-electron chi connectivity index (χ4n) is 3.03. The fourth-order valence-corrected chi connectivity index (χ4v) is 3.35. The summed E-state index contributed by atoms with van der Waals surface area (Å²) in [5, 5.41) is 10.2. The number of hydrogen-bond donors (Lipinski definition) is 2. The lowest BCUT2D eigenvalue weighted by Crippen LogP contribution is -2.20. The van der Waals surface area contributed by atoms with Crippen LogP contribution in [0.15, 0.2) is 54.6 Å². The van der Waals surface area contributed by atoms with Crippen LogP contribution in [0.25, 0.3) is 10.8 Å². The third kappa shape index (κ3) is 5.36. The quantitative estimate of drug-likeness (QED) is 0.468. The van der Waals surface area contributed by atoms with Gasteiger partial charge in [-0.25, -0.2) is 0 Å². The maximum absolute atomic E-state index is 6.15. The monoisotopic (exact) mass is 402 g/mol. The van der Waals surface area contributed by atoms with Crippen LogP contribution in [0.1, 0.15) is 17.5 Å². The van der Waals surface area contributed by atoms with E-state index in [-0.39, 0.29) is 0 Å². The van der Waals surface area contributed by atoms with Gasteiger partial charge in [-0.15, -0.1) is 0 Å². The molecule has 3 aromatic rings. The molecule has 142 valence electrons. The van der Waals surface area contributed by atoms with Gasteiger partial charge in [0.25, 0.3) is 0 Å². The van der Waals surface area contributed by atoms with E-state index in [1.165, 1.54) is 16.3 Å². The first-order valence-electron chi connectivity index (χ1n) is 9.11. The SMILES string of the molecule is CNCCCNCc1c(OCc2ccc(Cl)c(Cl)c2)ccc2ccccc12. The first-order valence-corrected chi connectivity index (χ1v) is 9.87. The smallest absolute Gasteiger partial charge is 0.124 e. The van der Waals surface area contributed by atoms with Crippen LogP contribution in [-0.2, 0) is 13.2 Å². The third-order valence-corrected chi connectivity index (χ3v) is 5.20. The average Bonchev–Trinajstić information content (AvgIpc) is 2.69. The van der Waals surface area contributed by atoms with Crippen LogP contribution in [0.4, 0.5) is 0 Å². The van der Waals surface area contributed by atoms with Gasteiger partial charge in [0.05, 0.1) is 10.0 Å². The zero-order chi connectivity index (χ0) is 19.1. The van der Waals surface area contributed by atoms with Gasteiger partial charge in [0.1, 0.15) is 12.4 Å². The molecule has 0 bridgehead atoms. The van der Waals surface area contributed by atoms with Crippen molar-refractivity contribution in [1.82, 2.24) is 10.6 Å². The molecular weight excluding hydrogens is 379 g/mol. The summed E-state index contributed by atoms with van der Waals surface area (Å²) in [5.74, 6) is 0.890. The standard InChI is InChI=1S/C22H24Cl2N2O/c1-25-11-4-12-26-14-19-18-6-3-2-5-17(18)8-10-22(19)27-15-16-7-9-20(23)21(24)13-16/h2-3,5-10,13,25-26H,4,11-12,14-15H2,1H3. The second-order valence-electron chi connectivity index (χ2n) is 6.43. The maximum Gasteiger partial charge on any atom is 0.124 e. The predicted molar refractivity (Wildman–Crippen MR) is 115 cm³/mol. The van der Waals surface area contributed by atoms with Crippen molar-refractivity contribution in [3.8, 4) is 5.75 Å². The lowest BCUT2D eigenvalue weighted by Gasteiger charge is -2.15. The Morgan fingerprint density at radius 3 is 2.59 bits per heavy atom. The molecule has 0 aliphatic rings. The molecule has 0 atom stereocenters. The molecule has 5 heteroatoms. The summed E-state index contributed by atoms with van der Waals surface area (Å²) in [5.41, 5.74) is 2.17. The molecule has 0 aliphatic carbocycles. The Kier molecular flexibility index (Phi) is 7.36. The number of benzene rings is 3. The van der Waals surface area contributed by atoms with Crippen LogP contribution in [0, 0.1) is 0 Å². The summed E-state index contributed by atoms with van der Waals surface area (Å²) in [6.45, 7) is 3.17. The minimum Gasteiger partial charge on any atom is -0.489 e. The highest BCUT2D eigenvalue weighted by Gasteiger charge is 2.09. The molecule has 0 fully saturated rings. The van der Waals surface area contributed by atoms with E-state index in [2.05, 4.69) is 41.0 Å². The van der Waals surface area contributed by atoms with Crippen molar-refractivity contribution in [3.05, 3.63) is 75.8 Å². The van der Waals surface area contributed by atoms with Gasteiger partial charge in [0, 0.05) is 12.1 Å². The van der Waals surface area contributed by atoms with Crippen molar-refractivity contribution >= 4 is 34.0 Å². The molecule has 27 heavy (non-hydrogen) atoms. The van der Waals surface area contributed by atoms with Gasteiger partial charge < -0.3 is 15.4 Å². The Morgan fingerprint density at radius 2 is 1.78 bits per heavy atom. The number of halogens is 2. The molecule has 0 amide bonds. The zero-order valence-electron chi connectivity index (χ0n) is 15.4. The molecule has 0 radical (unpaired) electrons. The molecule has 2 N–H and O–H groups in total. The van der Waals surface area contributed by atoms with E-state index in [0.29, 0.717) is 16.7 Å². The molecule has 0 aromatic heterocycles. The Hall–Kier alpha value is -1.78. The minimum absolute atomic E-state index is 0.446. The number of hydrogen-bond acceptors (Lipinski definition) is 3. The first-order chi connectivity index (χ1) is 13.2. The van der Waals surface area contributed by atoms with Crippen molar-refractivity contribution in [2.24, 2.45) is 0 Å². The van der Waals surface area contributed by atoms with Crippen LogP contribution in [0.3, 0.4) is 0 Å². The van der Waals surface area contributed by atoms with Gasteiger partial charge in [-0.3, -0.25) is 0 Å². The second kappa shape index (κ2) is 9.95. The van der Waals surface area contributed by atoms with E-state index < -0.39 is 0 Å². The molecular formula is C22H24Cl2N2O. The lowest BCUT2D eigenvalue weighted by atomic mass is 10.0. The largest absolute Gasteiger partial charge is 0.489 e. The van der Waals surface area contributed by atoms with Crippen molar-refractivity contribution < 1.29 is 4.74 Å². The molecule has 0 aliphatic heterocycles. The van der Waals surface area contributed by atoms with Crippen molar-refractivity contribution in [2.45, 2.75) is 19.6 Å². The molecule has 0 heterocycles. The third-order valence-electron chi connectivity index (χ3n) is 4.46. The minimum atomic E-state index is 0.446. The Morgan fingerprint density at radius 1 is 0.926 bits per heavy atom. The molecule has 3 nitrogen and oxygen atoms in total. The lowest BCUT2D eigenvalue weighted by molar-refractivity contribution is 0.302. The normalized spacial score (nSPS) is 11.1. The van der Waals surface area contributed by atoms with Crippen molar-refractivity contribution in [1.29, 1.82) is 0 Å². The van der Waals surface area contributed by atoms with E-state index >= 15 is 0 Å². The zero-order valence-corrected chi connectivity index (χ0v) is 16.9. The summed E-state index contributed by atoms with van der Waals surface area (Å²) in [7, 11) is 1.97. The van der Waals surface area contributed by atoms with Crippen molar-refractivity contribution in [3.63, 3.8) is 0 Å². The molecule has 0 spiro atoms. The van der Waals surface area contributed by atoms with E-state index in [1.54, 1.807) is 6.07 Å². The van der Waals surface area contributed by atoms with E-state index in [4.69, 9.17) is 27.9 Å². The van der Waals surface area contributed by atoms with E-state index in [9.17, 15) is 0 Å². The predicted octanol–water partition coefficient (Wildman–Crippen LogP) is 5.42. The molecule has 0 saturated carbocycles. The van der Waals surface area contributed by atoms with Gasteiger partial charge in [-0.2, -0.15) is 0 Å². The van der Waals surface area contributed by atoms with Crippen molar-refractivity contribution in [2.75, 3.05) is 20.1 Å². The summed E-state index contributed by atoms with van der Waals surface area (Å²) >= 11 is 12.1. The topological polar surface area (TPSA) is 33.3 Å². The maximum atomic E-state index is 6.15. The molecule has 0 saturated heterocycles. The van der Waals surface area contributed by atoms with Gasteiger partial charge in [0.2, 0.25) is 0 Å². The Balaban J connectivity index is 1.78. The first kappa shape index (κ1) is 20.0. The Bertz CT molecular complexity index is 899. The summed E-state index contributed by atoms with van der Waals surface area (Å²) < 4.78 is 6.15. The number of rotatable bonds is 9. The van der Waals surface area contributed by atoms with Gasteiger partial charge in [-0.1, -0.05) is 59.6 Å². The van der Waals surface area contributed by atoms with Crippen LogP contribution < -0.4 is 15.4 Å². The molecule has 3 rings (SSSR count). The van der Waals surface area contributed by atoms with Crippen LogP contribution in [0.5, 0.6) is 5.75 Å². The highest BCUT2D eigenvalue weighted by Crippen LogP contribution is 2.29. The fraction of sp³-hybridized carbons (Fsp3) is 0.273. The van der Waals surface area contributed by atoms with Gasteiger partial charge in [0.15, 0.2) is 0 Å².